The van der Waals surface area contributed by atoms with Gasteiger partial charge in [-0.15, -0.1) is 0 Å². The maximum atomic E-state index is 11.7. The van der Waals surface area contributed by atoms with Crippen LogP contribution in [0.1, 0.15) is 28.8 Å². The lowest BCUT2D eigenvalue weighted by atomic mass is 10.1. The van der Waals surface area contributed by atoms with Crippen molar-refractivity contribution in [3.8, 4) is 5.75 Å². The van der Waals surface area contributed by atoms with Gasteiger partial charge in [-0.1, -0.05) is 12.1 Å². The zero-order valence-corrected chi connectivity index (χ0v) is 10.7. The monoisotopic (exact) mass is 258 g/mol. The minimum atomic E-state index is -0.410. The van der Waals surface area contributed by atoms with Gasteiger partial charge >= 0.3 is 5.91 Å². The third-order valence-electron chi connectivity index (χ3n) is 2.55. The van der Waals surface area contributed by atoms with Crippen molar-refractivity contribution in [1.82, 2.24) is 5.43 Å². The minimum Gasteiger partial charge on any atom is -0.508 e. The Bertz CT molecular complexity index is 629. The predicted octanol–water partition coefficient (Wildman–Crippen LogP) is 2.45. The molecule has 0 saturated heterocycles. The van der Waals surface area contributed by atoms with Crippen molar-refractivity contribution in [2.75, 3.05) is 0 Å². The summed E-state index contributed by atoms with van der Waals surface area (Å²) in [6.07, 6.45) is 0. The molecule has 0 atom stereocenters. The number of rotatable bonds is 3. The third kappa shape index (κ3) is 3.22. The van der Waals surface area contributed by atoms with Crippen LogP contribution in [0.2, 0.25) is 0 Å². The highest BCUT2D eigenvalue weighted by atomic mass is 16.3. The first kappa shape index (κ1) is 12.9. The molecule has 0 aliphatic heterocycles. The van der Waals surface area contributed by atoms with Gasteiger partial charge in [0.05, 0.1) is 5.71 Å². The number of aromatic hydroxyl groups is 1. The zero-order chi connectivity index (χ0) is 13.8. The molecule has 0 saturated carbocycles. The first-order valence-corrected chi connectivity index (χ1v) is 5.77. The van der Waals surface area contributed by atoms with Gasteiger partial charge in [0.2, 0.25) is 0 Å². The van der Waals surface area contributed by atoms with Crippen LogP contribution < -0.4 is 5.43 Å². The number of amides is 1. The Kier molecular flexibility index (Phi) is 3.66. The van der Waals surface area contributed by atoms with Crippen LogP contribution in [0.5, 0.6) is 5.75 Å². The summed E-state index contributed by atoms with van der Waals surface area (Å²) in [7, 11) is 0. The van der Waals surface area contributed by atoms with E-state index in [4.69, 9.17) is 4.42 Å². The molecule has 98 valence electrons. The van der Waals surface area contributed by atoms with Gasteiger partial charge in [-0.3, -0.25) is 4.79 Å². The molecule has 0 bridgehead atoms. The molecule has 0 fully saturated rings. The molecule has 0 radical (unpaired) electrons. The highest BCUT2D eigenvalue weighted by Crippen LogP contribution is 2.11. The Labute approximate surface area is 110 Å². The predicted molar refractivity (Wildman–Crippen MR) is 71.2 cm³/mol. The van der Waals surface area contributed by atoms with E-state index in [0.717, 1.165) is 5.56 Å². The van der Waals surface area contributed by atoms with Crippen molar-refractivity contribution in [3.63, 3.8) is 0 Å². The van der Waals surface area contributed by atoms with Crippen LogP contribution in [-0.4, -0.2) is 16.7 Å². The topological polar surface area (TPSA) is 74.8 Å². The molecule has 2 N–H and O–H groups in total. The Morgan fingerprint density at radius 1 is 1.32 bits per heavy atom. The molecular formula is C14H14N2O3. The van der Waals surface area contributed by atoms with Crippen molar-refractivity contribution in [1.29, 1.82) is 0 Å². The van der Waals surface area contributed by atoms with E-state index < -0.39 is 5.91 Å². The number of benzene rings is 1. The average Bonchev–Trinajstić information content (AvgIpc) is 2.82. The van der Waals surface area contributed by atoms with E-state index in [0.29, 0.717) is 11.5 Å². The highest BCUT2D eigenvalue weighted by Gasteiger charge is 2.09. The van der Waals surface area contributed by atoms with Gasteiger partial charge in [-0.2, -0.15) is 5.10 Å². The fraction of sp³-hybridized carbons (Fsp3) is 0.143. The van der Waals surface area contributed by atoms with Crippen molar-refractivity contribution in [2.45, 2.75) is 13.8 Å². The normalized spacial score (nSPS) is 11.4. The molecular weight excluding hydrogens is 244 g/mol. The second-order valence-corrected chi connectivity index (χ2v) is 4.10. The minimum absolute atomic E-state index is 0.153. The van der Waals surface area contributed by atoms with E-state index in [1.165, 1.54) is 0 Å². The second kappa shape index (κ2) is 5.39. The largest absolute Gasteiger partial charge is 0.508 e. The molecule has 1 amide bonds. The average molecular weight is 258 g/mol. The van der Waals surface area contributed by atoms with Crippen LogP contribution in [0, 0.1) is 6.92 Å². The lowest BCUT2D eigenvalue weighted by Crippen LogP contribution is -2.18. The summed E-state index contributed by atoms with van der Waals surface area (Å²) in [6.45, 7) is 3.50. The number of aryl methyl sites for hydroxylation is 1. The van der Waals surface area contributed by atoms with Crippen molar-refractivity contribution in [2.24, 2.45) is 5.10 Å². The molecule has 0 aliphatic rings. The third-order valence-corrected chi connectivity index (χ3v) is 2.55. The molecule has 5 heteroatoms. The van der Waals surface area contributed by atoms with Gasteiger partial charge in [0.15, 0.2) is 5.76 Å². The number of hydrogen-bond acceptors (Lipinski definition) is 4. The van der Waals surface area contributed by atoms with Crippen LogP contribution in [0.4, 0.5) is 0 Å². The molecule has 0 aliphatic carbocycles. The maximum Gasteiger partial charge on any atom is 0.307 e. The number of nitrogens with zero attached hydrogens (tertiary/aromatic N) is 1. The fourth-order valence-electron chi connectivity index (χ4n) is 1.54. The van der Waals surface area contributed by atoms with Crippen molar-refractivity contribution < 1.29 is 14.3 Å². The van der Waals surface area contributed by atoms with Gasteiger partial charge in [0.25, 0.3) is 0 Å². The van der Waals surface area contributed by atoms with Gasteiger partial charge < -0.3 is 9.52 Å². The summed E-state index contributed by atoms with van der Waals surface area (Å²) >= 11 is 0. The molecule has 5 nitrogen and oxygen atoms in total. The quantitative estimate of drug-likeness (QED) is 0.656. The van der Waals surface area contributed by atoms with Gasteiger partial charge in [0.1, 0.15) is 11.5 Å². The lowest BCUT2D eigenvalue weighted by molar-refractivity contribution is 0.0926. The Morgan fingerprint density at radius 2 is 2.11 bits per heavy atom. The van der Waals surface area contributed by atoms with Crippen LogP contribution in [0.3, 0.4) is 0 Å². The first-order chi connectivity index (χ1) is 9.06. The maximum absolute atomic E-state index is 11.7. The summed E-state index contributed by atoms with van der Waals surface area (Å²) in [4.78, 5) is 11.7. The van der Waals surface area contributed by atoms with Gasteiger partial charge in [-0.05, 0) is 38.1 Å². The molecule has 2 rings (SSSR count). The van der Waals surface area contributed by atoms with E-state index in [1.54, 1.807) is 50.2 Å². The van der Waals surface area contributed by atoms with E-state index in [9.17, 15) is 9.90 Å². The van der Waals surface area contributed by atoms with Gasteiger partial charge in [-0.25, -0.2) is 5.43 Å². The Hall–Kier alpha value is -2.56. The SMILES string of the molecule is CC(=NNC(=O)c1ccc(C)o1)c1cccc(O)c1. The van der Waals surface area contributed by atoms with Crippen LogP contribution >= 0.6 is 0 Å². The van der Waals surface area contributed by atoms with Crippen molar-refractivity contribution in [3.05, 3.63) is 53.5 Å². The number of carbonyl (C=O) groups is 1. The van der Waals surface area contributed by atoms with Crippen LogP contribution in [0.15, 0.2) is 45.9 Å². The van der Waals surface area contributed by atoms with E-state index in [-0.39, 0.29) is 11.5 Å². The molecule has 2 aromatic rings. The second-order valence-electron chi connectivity index (χ2n) is 4.10. The Balaban J connectivity index is 2.08. The fourth-order valence-corrected chi connectivity index (χ4v) is 1.54. The number of nitrogens with one attached hydrogen (secondary N) is 1. The summed E-state index contributed by atoms with van der Waals surface area (Å²) < 4.78 is 5.18. The number of phenolic OH excluding ortho intramolecular Hbond substituents is 1. The molecule has 1 aromatic heterocycles. The summed E-state index contributed by atoms with van der Waals surface area (Å²) in [6, 6.07) is 9.94. The number of phenols is 1. The standard InChI is InChI=1S/C14H14N2O3/c1-9-6-7-13(19-9)14(18)16-15-10(2)11-4-3-5-12(17)8-11/h3-8,17H,1-2H3,(H,16,18). The smallest absolute Gasteiger partial charge is 0.307 e. The number of furan rings is 1. The van der Waals surface area contributed by atoms with Crippen molar-refractivity contribution >= 4 is 11.6 Å². The molecule has 19 heavy (non-hydrogen) atoms. The molecule has 0 unspecified atom stereocenters. The van der Waals surface area contributed by atoms with Crippen LogP contribution in [0.25, 0.3) is 0 Å². The van der Waals surface area contributed by atoms with Gasteiger partial charge in [0, 0.05) is 5.56 Å². The lowest BCUT2D eigenvalue weighted by Gasteiger charge is -2.02. The van der Waals surface area contributed by atoms with Crippen LogP contribution in [-0.2, 0) is 0 Å². The highest BCUT2D eigenvalue weighted by molar-refractivity contribution is 6.00. The molecule has 1 heterocycles. The zero-order valence-electron chi connectivity index (χ0n) is 10.7. The molecule has 0 spiro atoms. The van der Waals surface area contributed by atoms with E-state index >= 15 is 0 Å². The summed E-state index contributed by atoms with van der Waals surface area (Å²) in [5, 5.41) is 13.3. The summed E-state index contributed by atoms with van der Waals surface area (Å²) in [5.74, 6) is 0.622. The number of hydrazone groups is 1. The van der Waals surface area contributed by atoms with E-state index in [2.05, 4.69) is 10.5 Å². The number of hydrogen-bond donors (Lipinski definition) is 2. The van der Waals surface area contributed by atoms with E-state index in [1.807, 2.05) is 0 Å². The first-order valence-electron chi connectivity index (χ1n) is 5.77. The number of carbonyl (C=O) groups excluding carboxylic acids is 1. The Morgan fingerprint density at radius 3 is 2.74 bits per heavy atom. The summed E-state index contributed by atoms with van der Waals surface area (Å²) in [5.41, 5.74) is 3.73. The molecule has 1 aromatic carbocycles.